The van der Waals surface area contributed by atoms with E-state index in [2.05, 4.69) is 0 Å². The summed E-state index contributed by atoms with van der Waals surface area (Å²) in [5.74, 6) is -1.87. The lowest BCUT2D eigenvalue weighted by atomic mass is 9.83. The summed E-state index contributed by atoms with van der Waals surface area (Å²) in [7, 11) is 0. The van der Waals surface area contributed by atoms with Crippen LogP contribution >= 0.6 is 0 Å². The molecule has 9 nitrogen and oxygen atoms in total. The fourth-order valence-electron chi connectivity index (χ4n) is 3.61. The third-order valence-electron chi connectivity index (χ3n) is 5.32. The van der Waals surface area contributed by atoms with Gasteiger partial charge in [-0.05, 0) is 30.7 Å². The number of nitrogens with zero attached hydrogens (tertiary/aromatic N) is 2. The van der Waals surface area contributed by atoms with Crippen molar-refractivity contribution in [2.45, 2.75) is 18.9 Å². The summed E-state index contributed by atoms with van der Waals surface area (Å²) in [6, 6.07) is 18.0. The summed E-state index contributed by atoms with van der Waals surface area (Å²) < 4.78 is 30.1. The Morgan fingerprint density at radius 3 is 2.57 bits per heavy atom. The van der Waals surface area contributed by atoms with Gasteiger partial charge in [-0.2, -0.15) is 5.26 Å². The molecule has 0 amide bonds. The second-order valence-corrected chi connectivity index (χ2v) is 7.58. The molecule has 35 heavy (non-hydrogen) atoms. The lowest BCUT2D eigenvalue weighted by molar-refractivity contribution is -0.384. The average Bonchev–Trinajstić information content (AvgIpc) is 2.84. The maximum atomic E-state index is 13.8. The predicted molar refractivity (Wildman–Crippen MR) is 121 cm³/mol. The molecule has 1 aliphatic heterocycles. The molecule has 1 aliphatic rings. The number of non-ortho nitro benzene ring substituents is 1. The molecule has 1 heterocycles. The zero-order chi connectivity index (χ0) is 25.1. The van der Waals surface area contributed by atoms with Crippen molar-refractivity contribution in [2.24, 2.45) is 5.73 Å². The Morgan fingerprint density at radius 1 is 1.20 bits per heavy atom. The van der Waals surface area contributed by atoms with E-state index in [1.54, 1.807) is 12.1 Å². The van der Waals surface area contributed by atoms with Crippen molar-refractivity contribution in [1.82, 2.24) is 0 Å². The molecule has 2 unspecified atom stereocenters. The van der Waals surface area contributed by atoms with Crippen LogP contribution in [0, 0.1) is 27.3 Å². The van der Waals surface area contributed by atoms with E-state index in [-0.39, 0.29) is 34.4 Å². The largest absolute Gasteiger partial charge is 0.476 e. The summed E-state index contributed by atoms with van der Waals surface area (Å²) in [4.78, 5) is 23.0. The first kappa shape index (κ1) is 23.3. The van der Waals surface area contributed by atoms with Gasteiger partial charge in [0.1, 0.15) is 23.1 Å². The first-order valence-corrected chi connectivity index (χ1v) is 10.4. The van der Waals surface area contributed by atoms with E-state index in [1.165, 1.54) is 61.5 Å². The van der Waals surface area contributed by atoms with E-state index in [0.29, 0.717) is 11.1 Å². The Balaban J connectivity index is 1.59. The second-order valence-electron chi connectivity index (χ2n) is 7.58. The van der Waals surface area contributed by atoms with Crippen LogP contribution in [0.5, 0.6) is 17.2 Å². The molecule has 10 heteroatoms. The molecular formula is C25H18FN3O6. The van der Waals surface area contributed by atoms with Crippen LogP contribution in [0.15, 0.2) is 78.2 Å². The van der Waals surface area contributed by atoms with Gasteiger partial charge in [0.2, 0.25) is 5.88 Å². The lowest BCUT2D eigenvalue weighted by Crippen LogP contribution is -2.29. The number of allylic oxidation sites excluding steroid dienone is 1. The summed E-state index contributed by atoms with van der Waals surface area (Å²) in [5, 5.41) is 20.6. The third kappa shape index (κ3) is 4.74. The highest BCUT2D eigenvalue weighted by molar-refractivity contribution is 5.77. The molecule has 0 aromatic heterocycles. The summed E-state index contributed by atoms with van der Waals surface area (Å²) >= 11 is 0. The molecule has 3 aromatic rings. The van der Waals surface area contributed by atoms with E-state index < -0.39 is 28.7 Å². The van der Waals surface area contributed by atoms with Gasteiger partial charge in [0.15, 0.2) is 17.7 Å². The fraction of sp³-hybridized carbons (Fsp3) is 0.120. The quantitative estimate of drug-likeness (QED) is 0.241. The van der Waals surface area contributed by atoms with Gasteiger partial charge in [0.05, 0.1) is 10.8 Å². The van der Waals surface area contributed by atoms with Crippen LogP contribution < -0.4 is 19.9 Å². The minimum Gasteiger partial charge on any atom is -0.476 e. The molecule has 0 saturated carbocycles. The molecule has 0 fully saturated rings. The van der Waals surface area contributed by atoms with Gasteiger partial charge >= 0.3 is 5.97 Å². The Hall–Kier alpha value is -4.91. The predicted octanol–water partition coefficient (Wildman–Crippen LogP) is 4.32. The Kier molecular flexibility index (Phi) is 6.33. The standard InChI is InChI=1S/C25H18FN3O6/c1-14(33-21-5-3-2-4-20(21)26)25(30)34-17-10-11-18-22(12-17)35-24(28)19(13-27)23(18)15-6-8-16(9-7-15)29(31)32/h2-12,14,23H,28H2,1H3. The van der Waals surface area contributed by atoms with Crippen LogP contribution in [0.25, 0.3) is 0 Å². The van der Waals surface area contributed by atoms with Gasteiger partial charge < -0.3 is 19.9 Å². The minimum absolute atomic E-state index is 0.0846. The van der Waals surface area contributed by atoms with Gasteiger partial charge in [-0.25, -0.2) is 9.18 Å². The van der Waals surface area contributed by atoms with Crippen molar-refractivity contribution in [3.05, 3.63) is 105 Å². The smallest absolute Gasteiger partial charge is 0.352 e. The Bertz CT molecular complexity index is 1380. The second kappa shape index (κ2) is 9.52. The number of carbonyl (C=O) groups is 1. The van der Waals surface area contributed by atoms with E-state index >= 15 is 0 Å². The van der Waals surface area contributed by atoms with Crippen molar-refractivity contribution >= 4 is 11.7 Å². The molecule has 2 atom stereocenters. The zero-order valence-electron chi connectivity index (χ0n) is 18.3. The van der Waals surface area contributed by atoms with Gasteiger partial charge in [0, 0.05) is 23.8 Å². The Labute approximate surface area is 198 Å². The number of carbonyl (C=O) groups excluding carboxylic acids is 1. The van der Waals surface area contributed by atoms with Crippen LogP contribution in [0.2, 0.25) is 0 Å². The highest BCUT2D eigenvalue weighted by Gasteiger charge is 2.31. The number of para-hydroxylation sites is 1. The monoisotopic (exact) mass is 475 g/mol. The summed E-state index contributed by atoms with van der Waals surface area (Å²) in [5.41, 5.74) is 7.17. The van der Waals surface area contributed by atoms with Crippen molar-refractivity contribution < 1.29 is 28.3 Å². The fourth-order valence-corrected chi connectivity index (χ4v) is 3.61. The van der Waals surface area contributed by atoms with Crippen molar-refractivity contribution in [3.63, 3.8) is 0 Å². The molecule has 0 aliphatic carbocycles. The van der Waals surface area contributed by atoms with Crippen molar-refractivity contribution in [1.29, 1.82) is 5.26 Å². The Morgan fingerprint density at radius 2 is 1.91 bits per heavy atom. The third-order valence-corrected chi connectivity index (χ3v) is 5.32. The number of nitriles is 1. The highest BCUT2D eigenvalue weighted by Crippen LogP contribution is 2.43. The molecule has 0 bridgehead atoms. The number of hydrogen-bond acceptors (Lipinski definition) is 8. The topological polar surface area (TPSA) is 138 Å². The zero-order valence-corrected chi connectivity index (χ0v) is 18.3. The first-order valence-electron chi connectivity index (χ1n) is 10.4. The number of rotatable bonds is 6. The number of hydrogen-bond donors (Lipinski definition) is 1. The van der Waals surface area contributed by atoms with E-state index in [9.17, 15) is 24.6 Å². The summed E-state index contributed by atoms with van der Waals surface area (Å²) in [6.45, 7) is 1.42. The maximum absolute atomic E-state index is 13.8. The van der Waals surface area contributed by atoms with Gasteiger partial charge in [-0.15, -0.1) is 0 Å². The van der Waals surface area contributed by atoms with Gasteiger partial charge in [-0.1, -0.05) is 30.3 Å². The van der Waals surface area contributed by atoms with Crippen LogP contribution in [-0.4, -0.2) is 17.0 Å². The molecule has 0 spiro atoms. The number of benzene rings is 3. The van der Waals surface area contributed by atoms with E-state index in [1.807, 2.05) is 6.07 Å². The minimum atomic E-state index is -1.10. The normalized spacial score (nSPS) is 15.3. The molecular weight excluding hydrogens is 457 g/mol. The first-order chi connectivity index (χ1) is 16.8. The number of nitro benzene ring substituents is 1. The lowest BCUT2D eigenvalue weighted by Gasteiger charge is -2.26. The molecule has 0 saturated heterocycles. The number of nitro groups is 1. The van der Waals surface area contributed by atoms with E-state index in [0.717, 1.165) is 0 Å². The van der Waals surface area contributed by atoms with Gasteiger partial charge in [-0.3, -0.25) is 10.1 Å². The van der Waals surface area contributed by atoms with Gasteiger partial charge in [0.25, 0.3) is 5.69 Å². The highest BCUT2D eigenvalue weighted by atomic mass is 19.1. The maximum Gasteiger partial charge on any atom is 0.352 e. The molecule has 3 aromatic carbocycles. The number of ether oxygens (including phenoxy) is 3. The SMILES string of the molecule is CC(Oc1ccccc1F)C(=O)Oc1ccc2c(c1)OC(N)=C(C#N)C2c1ccc([N+](=O)[O-])cc1. The number of halogens is 1. The van der Waals surface area contributed by atoms with Crippen LogP contribution in [0.4, 0.5) is 10.1 Å². The number of esters is 1. The average molecular weight is 475 g/mol. The molecule has 2 N–H and O–H groups in total. The molecule has 176 valence electrons. The molecule has 0 radical (unpaired) electrons. The van der Waals surface area contributed by atoms with Crippen LogP contribution in [0.1, 0.15) is 24.0 Å². The van der Waals surface area contributed by atoms with Crippen LogP contribution in [0.3, 0.4) is 0 Å². The molecule has 4 rings (SSSR count). The van der Waals surface area contributed by atoms with Crippen molar-refractivity contribution in [3.8, 4) is 23.3 Å². The summed E-state index contributed by atoms with van der Waals surface area (Å²) in [6.07, 6.45) is -1.10. The van der Waals surface area contributed by atoms with E-state index in [4.69, 9.17) is 19.9 Å². The number of fused-ring (bicyclic) bond motifs is 1. The number of nitrogens with two attached hydrogens (primary N) is 1. The van der Waals surface area contributed by atoms with Crippen molar-refractivity contribution in [2.75, 3.05) is 0 Å². The van der Waals surface area contributed by atoms with Crippen LogP contribution in [-0.2, 0) is 4.79 Å².